The van der Waals surface area contributed by atoms with Gasteiger partial charge in [-0.15, -0.1) is 10.2 Å². The normalized spacial score (nSPS) is 11.2. The van der Waals surface area contributed by atoms with Crippen LogP contribution in [0, 0.1) is 13.8 Å². The molecule has 0 atom stereocenters. The van der Waals surface area contributed by atoms with Gasteiger partial charge in [0.15, 0.2) is 5.82 Å². The number of hydrogen-bond donors (Lipinski definition) is 1. The number of benzene rings is 1. The van der Waals surface area contributed by atoms with Crippen molar-refractivity contribution in [1.82, 2.24) is 24.3 Å². The largest absolute Gasteiger partial charge is 0.335 e. The maximum absolute atomic E-state index is 12.3. The molecule has 0 bridgehead atoms. The minimum atomic E-state index is -0.103. The van der Waals surface area contributed by atoms with Gasteiger partial charge in [-0.25, -0.2) is 9.66 Å². The SMILES string of the molecule is Cc1ccc(-c2nnc(SCc3cc(=O)n4cc(C)ccc4n3)n2N)cc1. The Morgan fingerprint density at radius 1 is 1.04 bits per heavy atom. The van der Waals surface area contributed by atoms with E-state index in [0.29, 0.717) is 28.1 Å². The van der Waals surface area contributed by atoms with Crippen LogP contribution >= 0.6 is 11.8 Å². The van der Waals surface area contributed by atoms with Crippen LogP contribution in [0.3, 0.4) is 0 Å². The van der Waals surface area contributed by atoms with Crippen LogP contribution in [-0.4, -0.2) is 24.3 Å². The van der Waals surface area contributed by atoms with E-state index in [1.165, 1.54) is 28.1 Å². The minimum absolute atomic E-state index is 0.103. The van der Waals surface area contributed by atoms with Crippen LogP contribution in [0.1, 0.15) is 16.8 Å². The fourth-order valence-electron chi connectivity index (χ4n) is 2.75. The third kappa shape index (κ3) is 3.43. The lowest BCUT2D eigenvalue weighted by Gasteiger charge is -2.06. The molecule has 136 valence electrons. The standard InChI is InChI=1S/C19H18N6OS/c1-12-3-6-14(7-4-12)18-22-23-19(25(18)20)27-11-15-9-17(26)24-10-13(2)5-8-16(24)21-15/h3-10H,11,20H2,1-2H3. The highest BCUT2D eigenvalue weighted by Gasteiger charge is 2.13. The second-order valence-electron chi connectivity index (χ2n) is 6.35. The molecule has 0 fully saturated rings. The van der Waals surface area contributed by atoms with Crippen molar-refractivity contribution in [2.24, 2.45) is 0 Å². The molecule has 4 aromatic rings. The molecule has 0 aliphatic carbocycles. The first-order valence-electron chi connectivity index (χ1n) is 8.40. The fraction of sp³-hybridized carbons (Fsp3) is 0.158. The number of thioether (sulfide) groups is 1. The molecule has 27 heavy (non-hydrogen) atoms. The van der Waals surface area contributed by atoms with Crippen LogP contribution in [0.15, 0.2) is 58.6 Å². The van der Waals surface area contributed by atoms with E-state index in [2.05, 4.69) is 15.2 Å². The number of rotatable bonds is 4. The van der Waals surface area contributed by atoms with Gasteiger partial charge in [-0.05, 0) is 25.5 Å². The monoisotopic (exact) mass is 378 g/mol. The van der Waals surface area contributed by atoms with Gasteiger partial charge in [-0.2, -0.15) is 0 Å². The second kappa shape index (κ2) is 6.88. The fourth-order valence-corrected chi connectivity index (χ4v) is 3.49. The molecule has 0 saturated heterocycles. The molecule has 1 aromatic carbocycles. The minimum Gasteiger partial charge on any atom is -0.335 e. The number of nitrogen functional groups attached to an aromatic ring is 1. The van der Waals surface area contributed by atoms with Gasteiger partial charge in [-0.1, -0.05) is 47.7 Å². The first-order valence-corrected chi connectivity index (χ1v) is 9.39. The summed E-state index contributed by atoms with van der Waals surface area (Å²) in [6, 6.07) is 13.2. The Morgan fingerprint density at radius 2 is 1.78 bits per heavy atom. The van der Waals surface area contributed by atoms with Crippen LogP contribution in [0.4, 0.5) is 0 Å². The van der Waals surface area contributed by atoms with Gasteiger partial charge in [0, 0.05) is 23.6 Å². The number of aromatic nitrogens is 5. The highest BCUT2D eigenvalue weighted by atomic mass is 32.2. The lowest BCUT2D eigenvalue weighted by Crippen LogP contribution is -2.15. The Hall–Kier alpha value is -3.13. The molecule has 7 nitrogen and oxygen atoms in total. The molecule has 2 N–H and O–H groups in total. The lowest BCUT2D eigenvalue weighted by molar-refractivity contribution is 0.848. The summed E-state index contributed by atoms with van der Waals surface area (Å²) in [6.45, 7) is 3.97. The van der Waals surface area contributed by atoms with Crippen molar-refractivity contribution in [3.05, 3.63) is 75.8 Å². The maximum atomic E-state index is 12.3. The number of nitrogens with zero attached hydrogens (tertiary/aromatic N) is 5. The zero-order chi connectivity index (χ0) is 19.0. The Balaban J connectivity index is 1.57. The van der Waals surface area contributed by atoms with Crippen LogP contribution in [0.2, 0.25) is 0 Å². The summed E-state index contributed by atoms with van der Waals surface area (Å²) in [5, 5.41) is 8.92. The third-order valence-electron chi connectivity index (χ3n) is 4.18. The Morgan fingerprint density at radius 3 is 2.56 bits per heavy atom. The maximum Gasteiger partial charge on any atom is 0.258 e. The number of fused-ring (bicyclic) bond motifs is 1. The van der Waals surface area contributed by atoms with Gasteiger partial charge in [0.1, 0.15) is 5.65 Å². The van der Waals surface area contributed by atoms with Crippen molar-refractivity contribution in [1.29, 1.82) is 0 Å². The zero-order valence-corrected chi connectivity index (χ0v) is 15.8. The topological polar surface area (TPSA) is 91.1 Å². The van der Waals surface area contributed by atoms with Gasteiger partial charge in [0.25, 0.3) is 5.56 Å². The molecule has 0 saturated carbocycles. The van der Waals surface area contributed by atoms with Gasteiger partial charge < -0.3 is 5.84 Å². The Bertz CT molecular complexity index is 1180. The van der Waals surface area contributed by atoms with E-state index >= 15 is 0 Å². The Kier molecular flexibility index (Phi) is 4.41. The highest BCUT2D eigenvalue weighted by molar-refractivity contribution is 7.98. The van der Waals surface area contributed by atoms with Crippen molar-refractivity contribution in [3.8, 4) is 11.4 Å². The first-order chi connectivity index (χ1) is 13.0. The van der Waals surface area contributed by atoms with Crippen LogP contribution in [0.25, 0.3) is 17.0 Å². The molecule has 0 amide bonds. The van der Waals surface area contributed by atoms with Gasteiger partial charge >= 0.3 is 0 Å². The highest BCUT2D eigenvalue weighted by Crippen LogP contribution is 2.24. The molecule has 0 aliphatic rings. The number of aryl methyl sites for hydroxylation is 2. The van der Waals surface area contributed by atoms with E-state index in [4.69, 9.17) is 5.84 Å². The smallest absolute Gasteiger partial charge is 0.258 e. The van der Waals surface area contributed by atoms with Crippen LogP contribution in [0.5, 0.6) is 0 Å². The van der Waals surface area contributed by atoms with E-state index in [-0.39, 0.29) is 5.56 Å². The third-order valence-corrected chi connectivity index (χ3v) is 5.16. The molecule has 0 radical (unpaired) electrons. The molecular weight excluding hydrogens is 360 g/mol. The number of hydrogen-bond acceptors (Lipinski definition) is 6. The molecule has 0 spiro atoms. The van der Waals surface area contributed by atoms with E-state index < -0.39 is 0 Å². The predicted molar refractivity (Wildman–Crippen MR) is 106 cm³/mol. The van der Waals surface area contributed by atoms with Crippen LogP contribution in [-0.2, 0) is 5.75 Å². The van der Waals surface area contributed by atoms with Crippen molar-refractivity contribution < 1.29 is 0 Å². The molecule has 8 heteroatoms. The average Bonchev–Trinajstić information content (AvgIpc) is 3.02. The van der Waals surface area contributed by atoms with Crippen molar-refractivity contribution in [2.75, 3.05) is 5.84 Å². The molecular formula is C19H18N6OS. The van der Waals surface area contributed by atoms with Crippen LogP contribution < -0.4 is 11.4 Å². The summed E-state index contributed by atoms with van der Waals surface area (Å²) in [5.41, 5.74) is 4.27. The van der Waals surface area contributed by atoms with E-state index in [0.717, 1.165) is 11.1 Å². The van der Waals surface area contributed by atoms with E-state index in [1.807, 2.05) is 50.2 Å². The van der Waals surface area contributed by atoms with Gasteiger partial charge in [0.2, 0.25) is 5.16 Å². The quantitative estimate of drug-likeness (QED) is 0.433. The summed E-state index contributed by atoms with van der Waals surface area (Å²) in [7, 11) is 0. The van der Waals surface area contributed by atoms with Gasteiger partial charge in [-0.3, -0.25) is 9.20 Å². The average molecular weight is 378 g/mol. The summed E-state index contributed by atoms with van der Waals surface area (Å²) in [5.74, 6) is 7.23. The van der Waals surface area contributed by atoms with Crippen molar-refractivity contribution in [3.63, 3.8) is 0 Å². The molecule has 0 aliphatic heterocycles. The zero-order valence-electron chi connectivity index (χ0n) is 15.0. The van der Waals surface area contributed by atoms with E-state index in [1.54, 1.807) is 10.6 Å². The Labute approximate surface area is 159 Å². The molecule has 3 heterocycles. The number of nitrogens with two attached hydrogens (primary N) is 1. The summed E-state index contributed by atoms with van der Waals surface area (Å²) in [6.07, 6.45) is 1.78. The van der Waals surface area contributed by atoms with Gasteiger partial charge in [0.05, 0.1) is 5.69 Å². The molecule has 0 unspecified atom stereocenters. The summed E-state index contributed by atoms with van der Waals surface area (Å²) >= 11 is 1.39. The summed E-state index contributed by atoms with van der Waals surface area (Å²) < 4.78 is 3.01. The lowest BCUT2D eigenvalue weighted by atomic mass is 10.1. The van der Waals surface area contributed by atoms with E-state index in [9.17, 15) is 4.79 Å². The summed E-state index contributed by atoms with van der Waals surface area (Å²) in [4.78, 5) is 16.8. The first kappa shape index (κ1) is 17.3. The van der Waals surface area contributed by atoms with Crippen molar-refractivity contribution in [2.45, 2.75) is 24.8 Å². The molecule has 4 rings (SSSR count). The molecule has 3 aromatic heterocycles. The number of pyridine rings is 1. The second-order valence-corrected chi connectivity index (χ2v) is 7.29. The van der Waals surface area contributed by atoms with Crippen molar-refractivity contribution >= 4 is 17.4 Å². The predicted octanol–water partition coefficient (Wildman–Crippen LogP) is 2.58.